The van der Waals surface area contributed by atoms with Gasteiger partial charge in [0.15, 0.2) is 4.90 Å². The average molecular weight is 773 g/mol. The van der Waals surface area contributed by atoms with Gasteiger partial charge >= 0.3 is 11.7 Å². The monoisotopic (exact) mass is 772 g/mol. The number of carbonyl (C=O) groups excluding carboxylic acids is 2. The number of methoxy groups -OCH3 is 1. The number of esters is 1. The van der Waals surface area contributed by atoms with E-state index in [4.69, 9.17) is 9.47 Å². The number of para-hydroxylation sites is 1. The maximum atomic E-state index is 14.0. The van der Waals surface area contributed by atoms with Gasteiger partial charge in [0.1, 0.15) is 11.4 Å². The highest BCUT2D eigenvalue weighted by Gasteiger charge is 2.32. The Balaban J connectivity index is 1.24. The summed E-state index contributed by atoms with van der Waals surface area (Å²) in [5, 5.41) is 13.5. The Morgan fingerprint density at radius 1 is 1.00 bits per heavy atom. The van der Waals surface area contributed by atoms with Crippen LogP contribution in [0.2, 0.25) is 0 Å². The fraction of sp³-hybridized carbons (Fsp3) is 0.415. The molecule has 1 fully saturated rings. The Bertz CT molecular complexity index is 2250. The molecule has 0 unspecified atom stereocenters. The van der Waals surface area contributed by atoms with Crippen molar-refractivity contribution in [1.82, 2.24) is 19.5 Å². The average Bonchev–Trinajstić information content (AvgIpc) is 3.36. The van der Waals surface area contributed by atoms with E-state index in [9.17, 15) is 28.1 Å². The number of amides is 1. The van der Waals surface area contributed by atoms with Crippen LogP contribution in [0, 0.1) is 4.91 Å². The van der Waals surface area contributed by atoms with Crippen LogP contribution in [0.15, 0.2) is 71.1 Å². The molecule has 0 spiro atoms. The van der Waals surface area contributed by atoms with E-state index >= 15 is 0 Å². The largest absolute Gasteiger partial charge is 0.497 e. The third-order valence-electron chi connectivity index (χ3n) is 10.1. The molecule has 1 saturated carbocycles. The molecule has 3 aromatic carbocycles. The summed E-state index contributed by atoms with van der Waals surface area (Å²) in [6, 6.07) is 17.1. The van der Waals surface area contributed by atoms with Crippen molar-refractivity contribution in [3.05, 3.63) is 87.8 Å². The van der Waals surface area contributed by atoms with Crippen molar-refractivity contribution in [1.29, 1.82) is 0 Å². The van der Waals surface area contributed by atoms with Crippen LogP contribution in [0.25, 0.3) is 28.2 Å². The minimum absolute atomic E-state index is 0.0350. The Labute approximate surface area is 321 Å². The Morgan fingerprint density at radius 2 is 1.73 bits per heavy atom. The Hall–Kier alpha value is -5.05. The topological polar surface area (TPSA) is 159 Å². The van der Waals surface area contributed by atoms with Gasteiger partial charge in [-0.3, -0.25) is 4.79 Å². The summed E-state index contributed by atoms with van der Waals surface area (Å²) in [6.45, 7) is 6.87. The van der Waals surface area contributed by atoms with Gasteiger partial charge in [0.05, 0.1) is 29.8 Å². The smallest absolute Gasteiger partial charge is 0.338 e. The van der Waals surface area contributed by atoms with Gasteiger partial charge in [-0.05, 0) is 100 Å². The summed E-state index contributed by atoms with van der Waals surface area (Å²) in [5.41, 5.74) is 4.96. The van der Waals surface area contributed by atoms with E-state index in [-0.39, 0.29) is 36.1 Å². The fourth-order valence-electron chi connectivity index (χ4n) is 7.52. The number of fused-ring (bicyclic) bond motifs is 5. The molecule has 13 nitrogen and oxygen atoms in total. The van der Waals surface area contributed by atoms with Crippen LogP contribution in [-0.2, 0) is 26.1 Å². The third kappa shape index (κ3) is 8.93. The zero-order valence-corrected chi connectivity index (χ0v) is 32.9. The van der Waals surface area contributed by atoms with E-state index in [1.165, 1.54) is 36.2 Å². The highest BCUT2D eigenvalue weighted by atomic mass is 32.2. The normalized spacial score (nSPS) is 14.8. The first kappa shape index (κ1) is 39.6. The van der Waals surface area contributed by atoms with Gasteiger partial charge in [-0.2, -0.15) is 0 Å². The van der Waals surface area contributed by atoms with E-state index in [1.807, 2.05) is 69.1 Å². The first-order chi connectivity index (χ1) is 26.2. The molecule has 0 atom stereocenters. The predicted octanol–water partition coefficient (Wildman–Crippen LogP) is 6.54. The van der Waals surface area contributed by atoms with Crippen molar-refractivity contribution in [3.8, 4) is 17.0 Å². The van der Waals surface area contributed by atoms with Crippen molar-refractivity contribution >= 4 is 44.6 Å². The lowest BCUT2D eigenvalue weighted by Gasteiger charge is -2.24. The molecule has 1 aromatic heterocycles. The number of hydrogen-bond acceptors (Lipinski definition) is 8. The summed E-state index contributed by atoms with van der Waals surface area (Å²) in [5.74, 6) is 0.351. The van der Waals surface area contributed by atoms with Crippen LogP contribution in [0.5, 0.6) is 5.75 Å². The van der Waals surface area contributed by atoms with Gasteiger partial charge in [0, 0.05) is 54.3 Å². The predicted molar refractivity (Wildman–Crippen MR) is 210 cm³/mol. The molecular formula is C41H50N5O8S+. The second-order valence-corrected chi connectivity index (χ2v) is 17.0. The van der Waals surface area contributed by atoms with Crippen LogP contribution >= 0.6 is 0 Å². The SMILES string of the molecule is COc1ccc2c(c1)C=C(C(=O)NCCN(C)CCNS(=O)(=O)c1ccccc1[N+](=O)O)Cn1c-2c(C2CCCCC2)c2ccc(C(=O)OC(C)(C)C)cc21. The molecule has 1 aliphatic heterocycles. The zero-order valence-electron chi connectivity index (χ0n) is 32.1. The molecule has 1 aliphatic carbocycles. The first-order valence-corrected chi connectivity index (χ1v) is 20.1. The van der Waals surface area contributed by atoms with Crippen molar-refractivity contribution < 1.29 is 37.6 Å². The number of ether oxygens (including phenoxy) is 2. The lowest BCUT2D eigenvalue weighted by atomic mass is 9.81. The molecule has 6 rings (SSSR count). The molecule has 0 bridgehead atoms. The lowest BCUT2D eigenvalue weighted by molar-refractivity contribution is -0.731. The van der Waals surface area contributed by atoms with Crippen LogP contribution in [0.3, 0.4) is 0 Å². The Morgan fingerprint density at radius 3 is 2.44 bits per heavy atom. The van der Waals surface area contributed by atoms with E-state index < -0.39 is 26.5 Å². The summed E-state index contributed by atoms with van der Waals surface area (Å²) < 4.78 is 41.7. The van der Waals surface area contributed by atoms with Gasteiger partial charge in [0.25, 0.3) is 4.92 Å². The molecule has 1 amide bonds. The quantitative estimate of drug-likeness (QED) is 0.101. The lowest BCUT2D eigenvalue weighted by Crippen LogP contribution is -2.38. The van der Waals surface area contributed by atoms with Crippen molar-refractivity contribution in [3.63, 3.8) is 0 Å². The van der Waals surface area contributed by atoms with E-state index in [0.29, 0.717) is 35.9 Å². The Kier molecular flexibility index (Phi) is 11.8. The minimum atomic E-state index is -4.07. The molecule has 14 heteroatoms. The number of aromatic nitrogens is 1. The summed E-state index contributed by atoms with van der Waals surface area (Å²) in [7, 11) is -0.640. The van der Waals surface area contributed by atoms with Gasteiger partial charge in [-0.1, -0.05) is 37.5 Å². The van der Waals surface area contributed by atoms with Crippen molar-refractivity contribution in [2.24, 2.45) is 0 Å². The molecule has 0 radical (unpaired) electrons. The van der Waals surface area contributed by atoms with Gasteiger partial charge < -0.3 is 24.3 Å². The van der Waals surface area contributed by atoms with Gasteiger partial charge in [0.2, 0.25) is 15.9 Å². The minimum Gasteiger partial charge on any atom is -0.497 e. The second-order valence-electron chi connectivity index (χ2n) is 15.2. The second kappa shape index (κ2) is 16.4. The molecule has 3 N–H and O–H groups in total. The van der Waals surface area contributed by atoms with Crippen LogP contribution in [0.4, 0.5) is 5.69 Å². The first-order valence-electron chi connectivity index (χ1n) is 18.7. The van der Waals surface area contributed by atoms with Gasteiger partial charge in [-0.15, -0.1) is 0 Å². The number of nitrogens with one attached hydrogen (secondary N) is 2. The molecule has 2 heterocycles. The number of sulfonamides is 1. The number of rotatable bonds is 13. The number of likely N-dealkylation sites (N-methyl/N-ethyl adjacent to an activating group) is 1. The standard InChI is InChI=1S/C41H49N5O8S/c1-41(2,3)54-40(48)28-15-17-33-35(25-28)45-26-30(23-29-24-31(53-5)16-18-32(29)38(45)37(33)27-11-7-6-8-12-27)39(47)42-19-21-44(4)22-20-43-55(51,52)36-14-10-9-13-34(36)46(49)50/h9-10,13-18,23-25,27,43H,6-8,11-12,19-22,26H2,1-5H3,(H-,42,47,49,50)/p+1. The number of nitrogens with zero attached hydrogens (tertiary/aromatic N) is 3. The van der Waals surface area contributed by atoms with Crippen LogP contribution < -0.4 is 14.8 Å². The van der Waals surface area contributed by atoms with E-state index in [0.717, 1.165) is 53.4 Å². The highest BCUT2D eigenvalue weighted by Crippen LogP contribution is 2.47. The number of hydrogen-bond donors (Lipinski definition) is 3. The summed E-state index contributed by atoms with van der Waals surface area (Å²) in [6.07, 6.45) is 7.54. The van der Waals surface area contributed by atoms with Crippen molar-refractivity contribution in [2.45, 2.75) is 75.8 Å². The summed E-state index contributed by atoms with van der Waals surface area (Å²) >= 11 is 0. The molecule has 0 saturated heterocycles. The number of carbonyl (C=O) groups is 2. The zero-order chi connectivity index (χ0) is 39.5. The maximum Gasteiger partial charge on any atom is 0.338 e. The van der Waals surface area contributed by atoms with Gasteiger partial charge in [-0.25, -0.2) is 23.1 Å². The summed E-state index contributed by atoms with van der Waals surface area (Å²) in [4.78, 5) is 39.8. The van der Waals surface area contributed by atoms with E-state index in [2.05, 4.69) is 20.7 Å². The highest BCUT2D eigenvalue weighted by molar-refractivity contribution is 7.89. The molecular weight excluding hydrogens is 723 g/mol. The molecule has 292 valence electrons. The fourth-order valence-corrected chi connectivity index (χ4v) is 8.71. The maximum absolute atomic E-state index is 14.0. The molecule has 55 heavy (non-hydrogen) atoms. The molecule has 2 aliphatic rings. The van der Waals surface area contributed by atoms with Crippen LogP contribution in [0.1, 0.15) is 80.3 Å². The third-order valence-corrected chi connectivity index (χ3v) is 11.6. The van der Waals surface area contributed by atoms with Crippen LogP contribution in [-0.4, -0.2) is 85.8 Å². The van der Waals surface area contributed by atoms with Crippen molar-refractivity contribution in [2.75, 3.05) is 40.3 Å². The van der Waals surface area contributed by atoms with E-state index in [1.54, 1.807) is 7.11 Å². The molecule has 4 aromatic rings. The number of benzene rings is 3.